The Kier molecular flexibility index (Phi) is 22.3. The Morgan fingerprint density at radius 1 is 0.794 bits per heavy atom. The van der Waals surface area contributed by atoms with Gasteiger partial charge in [-0.2, -0.15) is 0 Å². The molecule has 21 nitrogen and oxygen atoms in total. The van der Waals surface area contributed by atoms with Gasteiger partial charge in [0, 0.05) is 32.9 Å². The van der Waals surface area contributed by atoms with Crippen LogP contribution in [0.2, 0.25) is 0 Å². The summed E-state index contributed by atoms with van der Waals surface area (Å²) in [7, 11) is 0. The van der Waals surface area contributed by atoms with Gasteiger partial charge in [0.2, 0.25) is 23.6 Å². The van der Waals surface area contributed by atoms with E-state index in [1.165, 1.54) is 16.8 Å². The van der Waals surface area contributed by atoms with Gasteiger partial charge in [-0.3, -0.25) is 49.0 Å². The van der Waals surface area contributed by atoms with E-state index in [4.69, 9.17) is 4.74 Å². The lowest BCUT2D eigenvalue weighted by Gasteiger charge is -2.35. The number of carboxylic acid groups (broad SMARTS) is 2. The standard InChI is InChI=1S/C47H68N8O13/c1-8-23-54(47(66)50-34(10-3)32-19-15-12-16-20-32)52-43(62)37-24-33(68-27-31-17-13-11-14-18-31)26-53(37)46(65)40(28(4)5)51-44(63)41(29(6)9-2)55(67)45(64)35(21-22-38(57)58)49-42(61)36(25-39(59)60)48-30(7)56/h11-20,28-29,33-37,40-41,67H,8-10,21-27H2,1-7H3,(H,48,56)(H,49,61)(H,50,66)(H,51,63)(H,52,62)(H,57,58)(H,59,60)/t29-,33+,34-,35+,36-,37-,40-,41-/m0/s1. The van der Waals surface area contributed by atoms with Crippen LogP contribution in [-0.4, -0.2) is 133 Å². The number of carboxylic acids is 2. The summed E-state index contributed by atoms with van der Waals surface area (Å²) >= 11 is 0. The quantitative estimate of drug-likeness (QED) is 0.0526. The summed E-state index contributed by atoms with van der Waals surface area (Å²) in [6.07, 6.45) is -1.60. The number of urea groups is 1. The number of nitrogens with one attached hydrogen (secondary N) is 5. The van der Waals surface area contributed by atoms with Gasteiger partial charge in [-0.25, -0.2) is 14.9 Å². The normalized spacial score (nSPS) is 17.0. The third kappa shape index (κ3) is 16.6. The number of amides is 8. The largest absolute Gasteiger partial charge is 0.481 e. The van der Waals surface area contributed by atoms with Gasteiger partial charge in [-0.1, -0.05) is 109 Å². The molecule has 1 aliphatic rings. The molecule has 1 aliphatic heterocycles. The fourth-order valence-corrected chi connectivity index (χ4v) is 7.66. The lowest BCUT2D eigenvalue weighted by Crippen LogP contribution is -2.62. The molecule has 374 valence electrons. The maximum absolute atomic E-state index is 14.8. The van der Waals surface area contributed by atoms with Gasteiger partial charge in [0.05, 0.1) is 25.2 Å². The summed E-state index contributed by atoms with van der Waals surface area (Å²) in [5.41, 5.74) is 4.43. The molecular weight excluding hydrogens is 885 g/mol. The number of hydrogen-bond acceptors (Lipinski definition) is 11. The topological polar surface area (TPSA) is 293 Å². The molecular formula is C47H68N8O13. The Labute approximate surface area is 396 Å². The van der Waals surface area contributed by atoms with Gasteiger partial charge in [0.1, 0.15) is 30.2 Å². The van der Waals surface area contributed by atoms with E-state index >= 15 is 0 Å². The number of hydroxylamine groups is 2. The number of hydrazine groups is 1. The van der Waals surface area contributed by atoms with Crippen LogP contribution in [0.25, 0.3) is 0 Å². The molecule has 0 spiro atoms. The van der Waals surface area contributed by atoms with Crippen LogP contribution in [0.1, 0.15) is 111 Å². The highest BCUT2D eigenvalue weighted by Gasteiger charge is 2.45. The van der Waals surface area contributed by atoms with Gasteiger partial charge in [-0.05, 0) is 42.2 Å². The molecule has 21 heteroatoms. The van der Waals surface area contributed by atoms with Crippen LogP contribution in [0.5, 0.6) is 0 Å². The summed E-state index contributed by atoms with van der Waals surface area (Å²) in [4.78, 5) is 120. The zero-order valence-corrected chi connectivity index (χ0v) is 39.8. The molecule has 1 saturated heterocycles. The second-order valence-electron chi connectivity index (χ2n) is 17.2. The molecule has 0 bridgehead atoms. The molecule has 3 rings (SSSR count). The molecule has 68 heavy (non-hydrogen) atoms. The van der Waals surface area contributed by atoms with Gasteiger partial charge in [-0.15, -0.1) is 0 Å². The van der Waals surface area contributed by atoms with Crippen molar-refractivity contribution in [3.05, 3.63) is 71.8 Å². The first-order chi connectivity index (χ1) is 32.2. The number of carbonyl (C=O) groups excluding carboxylic acids is 7. The van der Waals surface area contributed by atoms with E-state index < -0.39 is 121 Å². The zero-order valence-electron chi connectivity index (χ0n) is 39.8. The van der Waals surface area contributed by atoms with Crippen LogP contribution in [-0.2, 0) is 49.7 Å². The highest BCUT2D eigenvalue weighted by atomic mass is 16.5. The second-order valence-corrected chi connectivity index (χ2v) is 17.2. The molecule has 0 aliphatic carbocycles. The Bertz CT molecular complexity index is 2030. The maximum Gasteiger partial charge on any atom is 0.336 e. The van der Waals surface area contributed by atoms with Gasteiger partial charge in [0.15, 0.2) is 0 Å². The smallest absolute Gasteiger partial charge is 0.336 e. The number of rotatable bonds is 25. The molecule has 0 radical (unpaired) electrons. The summed E-state index contributed by atoms with van der Waals surface area (Å²) in [6, 6.07) is 9.93. The SMILES string of the molecule is CCCN(NC(=O)[C@@H]1C[C@@H](OCc2ccccc2)CN1C(=O)[C@@H](NC(=O)[C@H]([C@@H](C)CC)N(O)C(=O)[C@@H](CCC(=O)O)NC(=O)[C@H](CC(=O)O)NC(C)=O)C(C)C)C(=O)N[C@@H](CC)c1ccccc1. The molecule has 2 aromatic rings. The Hall–Kier alpha value is -6.61. The number of carbonyl (C=O) groups is 9. The predicted octanol–water partition coefficient (Wildman–Crippen LogP) is 2.88. The second kappa shape index (κ2) is 27.3. The van der Waals surface area contributed by atoms with Gasteiger partial charge >= 0.3 is 18.0 Å². The molecule has 0 aromatic heterocycles. The minimum atomic E-state index is -1.81. The van der Waals surface area contributed by atoms with Crippen molar-refractivity contribution in [2.45, 2.75) is 142 Å². The monoisotopic (exact) mass is 952 g/mol. The Morgan fingerprint density at radius 2 is 1.43 bits per heavy atom. The van der Waals surface area contributed by atoms with Crippen LogP contribution in [0, 0.1) is 11.8 Å². The first kappa shape index (κ1) is 55.7. The van der Waals surface area contributed by atoms with Crippen molar-refractivity contribution in [3.63, 3.8) is 0 Å². The summed E-state index contributed by atoms with van der Waals surface area (Å²) in [5, 5.41) is 41.5. The fourth-order valence-electron chi connectivity index (χ4n) is 7.66. The van der Waals surface area contributed by atoms with Crippen molar-refractivity contribution in [2.75, 3.05) is 13.1 Å². The van der Waals surface area contributed by atoms with Crippen molar-refractivity contribution in [1.82, 2.24) is 41.7 Å². The lowest BCUT2D eigenvalue weighted by atomic mass is 9.95. The number of nitrogens with zero attached hydrogens (tertiary/aromatic N) is 3. The molecule has 0 unspecified atom stereocenters. The first-order valence-corrected chi connectivity index (χ1v) is 22.9. The van der Waals surface area contributed by atoms with Crippen LogP contribution in [0.3, 0.4) is 0 Å². The molecule has 8 N–H and O–H groups in total. The van der Waals surface area contributed by atoms with Crippen LogP contribution in [0.4, 0.5) is 4.79 Å². The minimum absolute atomic E-state index is 0.0273. The molecule has 8 amide bonds. The van der Waals surface area contributed by atoms with E-state index in [0.717, 1.165) is 18.1 Å². The molecule has 0 saturated carbocycles. The van der Waals surface area contributed by atoms with E-state index in [1.807, 2.05) is 74.5 Å². The molecule has 1 heterocycles. The number of likely N-dealkylation sites (tertiary alicyclic amines) is 1. The van der Waals surface area contributed by atoms with E-state index in [-0.39, 0.29) is 43.6 Å². The van der Waals surface area contributed by atoms with E-state index in [2.05, 4.69) is 26.7 Å². The average Bonchev–Trinajstić information content (AvgIpc) is 3.74. The van der Waals surface area contributed by atoms with Crippen LogP contribution < -0.4 is 26.7 Å². The van der Waals surface area contributed by atoms with E-state index in [9.17, 15) is 58.6 Å². The highest BCUT2D eigenvalue weighted by molar-refractivity contribution is 5.97. The van der Waals surface area contributed by atoms with E-state index in [0.29, 0.717) is 12.8 Å². The van der Waals surface area contributed by atoms with Crippen molar-refractivity contribution in [3.8, 4) is 0 Å². The number of aliphatic carboxylic acids is 2. The fraction of sp³-hybridized carbons (Fsp3) is 0.553. The van der Waals surface area contributed by atoms with Crippen molar-refractivity contribution >= 4 is 53.4 Å². The summed E-state index contributed by atoms with van der Waals surface area (Å²) < 4.78 is 6.22. The highest BCUT2D eigenvalue weighted by Crippen LogP contribution is 2.26. The number of benzene rings is 2. The van der Waals surface area contributed by atoms with Crippen LogP contribution >= 0.6 is 0 Å². The minimum Gasteiger partial charge on any atom is -0.481 e. The molecule has 8 atom stereocenters. The maximum atomic E-state index is 14.8. The third-order valence-corrected chi connectivity index (χ3v) is 11.5. The molecule has 2 aromatic carbocycles. The number of ether oxygens (including phenoxy) is 1. The first-order valence-electron chi connectivity index (χ1n) is 22.9. The zero-order chi connectivity index (χ0) is 50.7. The summed E-state index contributed by atoms with van der Waals surface area (Å²) in [6.45, 7) is 11.5. The van der Waals surface area contributed by atoms with Crippen molar-refractivity contribution in [2.24, 2.45) is 11.8 Å². The third-order valence-electron chi connectivity index (χ3n) is 11.5. The van der Waals surface area contributed by atoms with E-state index in [1.54, 1.807) is 20.8 Å². The van der Waals surface area contributed by atoms with Gasteiger partial charge < -0.3 is 41.1 Å². The Morgan fingerprint density at radius 3 is 1.97 bits per heavy atom. The number of hydrogen-bond donors (Lipinski definition) is 8. The Balaban J connectivity index is 1.94. The van der Waals surface area contributed by atoms with Crippen molar-refractivity contribution in [1.29, 1.82) is 0 Å². The molecule has 1 fully saturated rings. The average molecular weight is 953 g/mol. The van der Waals surface area contributed by atoms with Crippen LogP contribution in [0.15, 0.2) is 60.7 Å². The lowest BCUT2D eigenvalue weighted by molar-refractivity contribution is -0.187. The predicted molar refractivity (Wildman–Crippen MR) is 246 cm³/mol. The van der Waals surface area contributed by atoms with Crippen molar-refractivity contribution < 1.29 is 63.3 Å². The summed E-state index contributed by atoms with van der Waals surface area (Å²) in [5.74, 6) is -9.95. The van der Waals surface area contributed by atoms with Gasteiger partial charge in [0.25, 0.3) is 11.8 Å².